The maximum Gasteiger partial charge on any atom is 0.341 e. The van der Waals surface area contributed by atoms with Crippen LogP contribution in [-0.4, -0.2) is 13.1 Å². The molecule has 6 heteroatoms. The molecule has 2 aromatic rings. The van der Waals surface area contributed by atoms with E-state index in [1.165, 1.54) is 13.2 Å². The summed E-state index contributed by atoms with van der Waals surface area (Å²) in [7, 11) is 1.28. The van der Waals surface area contributed by atoms with Crippen molar-refractivity contribution < 1.29 is 14.3 Å². The van der Waals surface area contributed by atoms with Gasteiger partial charge in [0.1, 0.15) is 17.1 Å². The Hall–Kier alpha value is -1.42. The van der Waals surface area contributed by atoms with Gasteiger partial charge >= 0.3 is 5.97 Å². The van der Waals surface area contributed by atoms with Crippen LogP contribution in [0.5, 0.6) is 11.5 Å². The predicted molar refractivity (Wildman–Crippen MR) is 79.3 cm³/mol. The lowest BCUT2D eigenvalue weighted by molar-refractivity contribution is 0.0598. The van der Waals surface area contributed by atoms with Crippen LogP contribution in [0.4, 0.5) is 0 Å². The maximum absolute atomic E-state index is 11.7. The highest BCUT2D eigenvalue weighted by Crippen LogP contribution is 2.34. The lowest BCUT2D eigenvalue weighted by Gasteiger charge is -2.11. The molecule has 0 unspecified atom stereocenters. The second-order valence-corrected chi connectivity index (χ2v) is 5.09. The summed E-state index contributed by atoms with van der Waals surface area (Å²) >= 11 is 17.7. The number of benzene rings is 2. The van der Waals surface area contributed by atoms with Crippen LogP contribution in [0.2, 0.25) is 15.1 Å². The van der Waals surface area contributed by atoms with Crippen LogP contribution in [0, 0.1) is 0 Å². The molecular weight excluding hydrogens is 323 g/mol. The van der Waals surface area contributed by atoms with Crippen molar-refractivity contribution in [2.24, 2.45) is 0 Å². The van der Waals surface area contributed by atoms with Gasteiger partial charge in [0.05, 0.1) is 12.1 Å². The number of hydrogen-bond acceptors (Lipinski definition) is 3. The number of methoxy groups -OCH3 is 1. The minimum Gasteiger partial charge on any atom is -0.465 e. The van der Waals surface area contributed by atoms with Gasteiger partial charge in [0, 0.05) is 10.0 Å². The number of halogens is 3. The third-order valence-electron chi connectivity index (χ3n) is 2.46. The Kier molecular flexibility index (Phi) is 4.76. The molecule has 0 saturated carbocycles. The van der Waals surface area contributed by atoms with E-state index < -0.39 is 5.97 Å². The van der Waals surface area contributed by atoms with Crippen molar-refractivity contribution in [3.05, 3.63) is 57.0 Å². The van der Waals surface area contributed by atoms with Gasteiger partial charge in [0.2, 0.25) is 0 Å². The van der Waals surface area contributed by atoms with Crippen molar-refractivity contribution in [2.45, 2.75) is 0 Å². The fourth-order valence-corrected chi connectivity index (χ4v) is 2.16. The molecule has 0 radical (unpaired) electrons. The van der Waals surface area contributed by atoms with E-state index in [0.29, 0.717) is 26.6 Å². The predicted octanol–water partition coefficient (Wildman–Crippen LogP) is 5.23. The van der Waals surface area contributed by atoms with E-state index in [-0.39, 0.29) is 5.56 Å². The summed E-state index contributed by atoms with van der Waals surface area (Å²) in [6, 6.07) is 9.43. The molecule has 0 heterocycles. The minimum absolute atomic E-state index is 0.214. The number of carbonyl (C=O) groups is 1. The van der Waals surface area contributed by atoms with E-state index in [1.54, 1.807) is 30.3 Å². The number of hydrogen-bond donors (Lipinski definition) is 0. The van der Waals surface area contributed by atoms with Gasteiger partial charge in [-0.3, -0.25) is 0 Å². The molecule has 0 spiro atoms. The minimum atomic E-state index is -0.549. The summed E-state index contributed by atoms with van der Waals surface area (Å²) in [6.07, 6.45) is 0. The van der Waals surface area contributed by atoms with Gasteiger partial charge < -0.3 is 9.47 Å². The normalized spacial score (nSPS) is 10.2. The summed E-state index contributed by atoms with van der Waals surface area (Å²) in [4.78, 5) is 11.7. The van der Waals surface area contributed by atoms with Crippen molar-refractivity contribution in [3.63, 3.8) is 0 Å². The molecular formula is C14H9Cl3O3. The fourth-order valence-electron chi connectivity index (χ4n) is 1.54. The second-order valence-electron chi connectivity index (χ2n) is 3.81. The zero-order valence-corrected chi connectivity index (χ0v) is 12.6. The number of ether oxygens (including phenoxy) is 2. The van der Waals surface area contributed by atoms with E-state index in [4.69, 9.17) is 39.5 Å². The number of esters is 1. The first-order valence-electron chi connectivity index (χ1n) is 5.52. The van der Waals surface area contributed by atoms with Gasteiger partial charge in [0.25, 0.3) is 0 Å². The first kappa shape index (κ1) is 15.0. The highest BCUT2D eigenvalue weighted by Gasteiger charge is 2.15. The summed E-state index contributed by atoms with van der Waals surface area (Å²) in [5.41, 5.74) is 0.214. The average Bonchev–Trinajstić information content (AvgIpc) is 2.42. The topological polar surface area (TPSA) is 35.5 Å². The molecule has 0 aliphatic rings. The standard InChI is InChI=1S/C14H9Cl3O3/c1-19-14(18)10-6-8(15)2-4-12(10)20-13-5-3-9(16)7-11(13)17/h2-7H,1H3. The summed E-state index contributed by atoms with van der Waals surface area (Å²) < 4.78 is 10.3. The number of carbonyl (C=O) groups excluding carboxylic acids is 1. The van der Waals surface area contributed by atoms with Crippen LogP contribution in [-0.2, 0) is 4.74 Å². The van der Waals surface area contributed by atoms with Crippen LogP contribution in [0.25, 0.3) is 0 Å². The third-order valence-corrected chi connectivity index (χ3v) is 3.23. The molecule has 20 heavy (non-hydrogen) atoms. The Morgan fingerprint density at radius 2 is 1.55 bits per heavy atom. The van der Waals surface area contributed by atoms with E-state index in [9.17, 15) is 4.79 Å². The quantitative estimate of drug-likeness (QED) is 0.723. The molecule has 0 aliphatic carbocycles. The first-order valence-corrected chi connectivity index (χ1v) is 6.65. The van der Waals surface area contributed by atoms with Crippen molar-refractivity contribution >= 4 is 40.8 Å². The van der Waals surface area contributed by atoms with E-state index >= 15 is 0 Å². The molecule has 3 nitrogen and oxygen atoms in total. The van der Waals surface area contributed by atoms with Crippen LogP contribution >= 0.6 is 34.8 Å². The van der Waals surface area contributed by atoms with Gasteiger partial charge in [-0.2, -0.15) is 0 Å². The van der Waals surface area contributed by atoms with Gasteiger partial charge in [0.15, 0.2) is 0 Å². The van der Waals surface area contributed by atoms with Gasteiger partial charge in [-0.15, -0.1) is 0 Å². The number of rotatable bonds is 3. The summed E-state index contributed by atoms with van der Waals surface area (Å²) in [5, 5.41) is 1.23. The van der Waals surface area contributed by atoms with Crippen LogP contribution < -0.4 is 4.74 Å². The SMILES string of the molecule is COC(=O)c1cc(Cl)ccc1Oc1ccc(Cl)cc1Cl. The molecule has 0 atom stereocenters. The largest absolute Gasteiger partial charge is 0.465 e. The van der Waals surface area contributed by atoms with Gasteiger partial charge in [-0.05, 0) is 36.4 Å². The van der Waals surface area contributed by atoms with E-state index in [2.05, 4.69) is 4.74 Å². The van der Waals surface area contributed by atoms with Crippen molar-refractivity contribution in [2.75, 3.05) is 7.11 Å². The molecule has 104 valence electrons. The van der Waals surface area contributed by atoms with Crippen molar-refractivity contribution in [1.29, 1.82) is 0 Å². The fraction of sp³-hybridized carbons (Fsp3) is 0.0714. The Morgan fingerprint density at radius 3 is 2.15 bits per heavy atom. The lowest BCUT2D eigenvalue weighted by Crippen LogP contribution is -2.03. The maximum atomic E-state index is 11.7. The van der Waals surface area contributed by atoms with Crippen LogP contribution in [0.1, 0.15) is 10.4 Å². The molecule has 2 rings (SSSR count). The average molecular weight is 332 g/mol. The van der Waals surface area contributed by atoms with Crippen molar-refractivity contribution in [1.82, 2.24) is 0 Å². The molecule has 0 fully saturated rings. The van der Waals surface area contributed by atoms with Crippen LogP contribution in [0.15, 0.2) is 36.4 Å². The first-order chi connectivity index (χ1) is 9.51. The Labute approximate surface area is 131 Å². The molecule has 0 aliphatic heterocycles. The zero-order valence-electron chi connectivity index (χ0n) is 10.3. The Balaban J connectivity index is 2.40. The lowest BCUT2D eigenvalue weighted by atomic mass is 10.2. The molecule has 0 saturated heterocycles. The molecule has 0 aromatic heterocycles. The zero-order chi connectivity index (χ0) is 14.7. The van der Waals surface area contributed by atoms with Crippen LogP contribution in [0.3, 0.4) is 0 Å². The third kappa shape index (κ3) is 3.37. The Bertz CT molecular complexity index is 656. The van der Waals surface area contributed by atoms with Gasteiger partial charge in [-0.1, -0.05) is 34.8 Å². The van der Waals surface area contributed by atoms with Crippen molar-refractivity contribution in [3.8, 4) is 11.5 Å². The van der Waals surface area contributed by atoms with E-state index in [0.717, 1.165) is 0 Å². The van der Waals surface area contributed by atoms with E-state index in [1.807, 2.05) is 0 Å². The molecule has 0 amide bonds. The Morgan fingerprint density at radius 1 is 0.950 bits per heavy atom. The highest BCUT2D eigenvalue weighted by atomic mass is 35.5. The van der Waals surface area contributed by atoms with Gasteiger partial charge in [-0.25, -0.2) is 4.79 Å². The monoisotopic (exact) mass is 330 g/mol. The molecule has 0 bridgehead atoms. The second kappa shape index (κ2) is 6.35. The molecule has 0 N–H and O–H groups in total. The summed E-state index contributed by atoms with van der Waals surface area (Å²) in [5.74, 6) is 0.126. The summed E-state index contributed by atoms with van der Waals surface area (Å²) in [6.45, 7) is 0. The smallest absolute Gasteiger partial charge is 0.341 e. The highest BCUT2D eigenvalue weighted by molar-refractivity contribution is 6.35. The molecule has 2 aromatic carbocycles.